The van der Waals surface area contributed by atoms with Gasteiger partial charge in [0.2, 0.25) is 17.4 Å². The van der Waals surface area contributed by atoms with E-state index in [0.29, 0.717) is 12.2 Å². The van der Waals surface area contributed by atoms with E-state index in [-0.39, 0.29) is 35.4 Å². The first kappa shape index (κ1) is 21.5. The van der Waals surface area contributed by atoms with Gasteiger partial charge in [0.05, 0.1) is 20.3 Å². The Morgan fingerprint density at radius 3 is 2.38 bits per heavy atom. The number of furan rings is 1. The number of anilines is 2. The summed E-state index contributed by atoms with van der Waals surface area (Å²) in [4.78, 5) is 29.8. The van der Waals surface area contributed by atoms with Crippen molar-refractivity contribution < 1.29 is 23.5 Å². The zero-order valence-corrected chi connectivity index (χ0v) is 18.6. The monoisotopic (exact) mass is 434 g/mol. The average molecular weight is 434 g/mol. The van der Waals surface area contributed by atoms with E-state index in [0.717, 1.165) is 16.9 Å². The van der Waals surface area contributed by atoms with Gasteiger partial charge in [-0.25, -0.2) is 0 Å². The van der Waals surface area contributed by atoms with Crippen LogP contribution in [0.15, 0.2) is 65.3 Å². The molecule has 3 aromatic rings. The number of rotatable bonds is 5. The van der Waals surface area contributed by atoms with Gasteiger partial charge in [-0.2, -0.15) is 0 Å². The minimum absolute atomic E-state index is 0.0552. The molecule has 1 aliphatic heterocycles. The maximum Gasteiger partial charge on any atom is 0.298 e. The predicted molar refractivity (Wildman–Crippen MR) is 121 cm³/mol. The van der Waals surface area contributed by atoms with Crippen molar-refractivity contribution in [2.24, 2.45) is 0 Å². The van der Waals surface area contributed by atoms with Crippen LogP contribution in [-0.4, -0.2) is 32.1 Å². The highest BCUT2D eigenvalue weighted by atomic mass is 16.5. The Kier molecular flexibility index (Phi) is 5.90. The lowest BCUT2D eigenvalue weighted by Crippen LogP contribution is -2.47. The average Bonchev–Trinajstić information content (AvgIpc) is 3.22. The summed E-state index contributed by atoms with van der Waals surface area (Å²) in [5.74, 6) is 0.325. The molecule has 0 aliphatic carbocycles. The molecule has 7 nitrogen and oxygen atoms in total. The summed E-state index contributed by atoms with van der Waals surface area (Å²) in [7, 11) is 2.96. The Labute approximate surface area is 187 Å². The maximum atomic E-state index is 13.6. The van der Waals surface area contributed by atoms with Crippen LogP contribution in [0.1, 0.15) is 42.4 Å². The molecule has 166 valence electrons. The van der Waals surface area contributed by atoms with Gasteiger partial charge in [-0.15, -0.1) is 0 Å². The molecule has 2 atom stereocenters. The predicted octanol–water partition coefficient (Wildman–Crippen LogP) is 4.83. The minimum Gasteiger partial charge on any atom is -0.490 e. The van der Waals surface area contributed by atoms with Gasteiger partial charge in [-0.3, -0.25) is 9.59 Å². The molecule has 2 unspecified atom stereocenters. The second-order valence-electron chi connectivity index (χ2n) is 7.73. The molecule has 1 aromatic heterocycles. The first-order valence-corrected chi connectivity index (χ1v) is 10.4. The van der Waals surface area contributed by atoms with E-state index >= 15 is 0 Å². The number of benzene rings is 2. The van der Waals surface area contributed by atoms with E-state index in [1.54, 1.807) is 16.7 Å². The maximum absolute atomic E-state index is 13.6. The number of carbonyl (C=O) groups excluding carboxylic acids is 2. The molecule has 4 rings (SSSR count). The van der Waals surface area contributed by atoms with Crippen molar-refractivity contribution in [3.8, 4) is 11.5 Å². The van der Waals surface area contributed by atoms with Crippen LogP contribution in [0.2, 0.25) is 0 Å². The topological polar surface area (TPSA) is 72.2 Å². The van der Waals surface area contributed by atoms with Crippen LogP contribution < -0.4 is 19.3 Å². The third-order valence-corrected chi connectivity index (χ3v) is 5.80. The van der Waals surface area contributed by atoms with Gasteiger partial charge in [-0.1, -0.05) is 36.4 Å². The van der Waals surface area contributed by atoms with Crippen molar-refractivity contribution in [2.75, 3.05) is 24.0 Å². The van der Waals surface area contributed by atoms with E-state index in [4.69, 9.17) is 13.9 Å². The van der Waals surface area contributed by atoms with Crippen LogP contribution in [0.5, 0.6) is 11.5 Å². The molecule has 32 heavy (non-hydrogen) atoms. The van der Waals surface area contributed by atoms with Crippen LogP contribution in [0.4, 0.5) is 11.4 Å². The number of carbonyl (C=O) groups is 2. The SMILES string of the molecule is COc1coc(C(=O)N2c3ccccc3C(N(C(C)=O)c3ccccc3)CC2C)c1OC. The first-order chi connectivity index (χ1) is 15.5. The lowest BCUT2D eigenvalue weighted by molar-refractivity contribution is -0.117. The Balaban J connectivity index is 1.79. The first-order valence-electron chi connectivity index (χ1n) is 10.4. The van der Waals surface area contributed by atoms with Crippen LogP contribution in [-0.2, 0) is 4.79 Å². The molecule has 7 heteroatoms. The number of hydrogen-bond acceptors (Lipinski definition) is 5. The second-order valence-corrected chi connectivity index (χ2v) is 7.73. The Bertz CT molecular complexity index is 1120. The van der Waals surface area contributed by atoms with E-state index in [1.165, 1.54) is 20.5 Å². The lowest BCUT2D eigenvalue weighted by Gasteiger charge is -2.43. The van der Waals surface area contributed by atoms with Gasteiger partial charge in [0.25, 0.3) is 5.91 Å². The summed E-state index contributed by atoms with van der Waals surface area (Å²) in [6, 6.07) is 16.8. The van der Waals surface area contributed by atoms with Gasteiger partial charge in [-0.05, 0) is 37.1 Å². The molecule has 0 bridgehead atoms. The summed E-state index contributed by atoms with van der Waals surface area (Å²) in [6.07, 6.45) is 1.93. The van der Waals surface area contributed by atoms with Crippen molar-refractivity contribution in [1.82, 2.24) is 0 Å². The molecule has 2 heterocycles. The Morgan fingerprint density at radius 1 is 1.03 bits per heavy atom. The van der Waals surface area contributed by atoms with Crippen LogP contribution in [0, 0.1) is 0 Å². The van der Waals surface area contributed by atoms with Crippen molar-refractivity contribution in [3.05, 3.63) is 72.2 Å². The zero-order chi connectivity index (χ0) is 22.8. The van der Waals surface area contributed by atoms with Crippen molar-refractivity contribution in [3.63, 3.8) is 0 Å². The second kappa shape index (κ2) is 8.78. The smallest absolute Gasteiger partial charge is 0.298 e. The highest BCUT2D eigenvalue weighted by Gasteiger charge is 2.40. The van der Waals surface area contributed by atoms with E-state index in [9.17, 15) is 9.59 Å². The fraction of sp³-hybridized carbons (Fsp3) is 0.280. The summed E-state index contributed by atoms with van der Waals surface area (Å²) in [6.45, 7) is 3.54. The van der Waals surface area contributed by atoms with Crippen molar-refractivity contribution in [1.29, 1.82) is 0 Å². The van der Waals surface area contributed by atoms with Gasteiger partial charge in [0, 0.05) is 24.3 Å². The lowest BCUT2D eigenvalue weighted by atomic mass is 9.89. The molecule has 0 fully saturated rings. The number of fused-ring (bicyclic) bond motifs is 1. The van der Waals surface area contributed by atoms with E-state index in [2.05, 4.69) is 0 Å². The molecule has 1 aliphatic rings. The standard InChI is InChI=1S/C25H26N2O5/c1-16-14-21(27(17(2)28)18-10-6-5-7-11-18)19-12-8-9-13-20(19)26(16)25(29)24-23(31-4)22(30-3)15-32-24/h5-13,15-16,21H,14H2,1-4H3. The van der Waals surface area contributed by atoms with E-state index < -0.39 is 0 Å². The highest BCUT2D eigenvalue weighted by molar-refractivity contribution is 6.08. The molecule has 0 radical (unpaired) electrons. The quantitative estimate of drug-likeness (QED) is 0.575. The van der Waals surface area contributed by atoms with Crippen molar-refractivity contribution >= 4 is 23.2 Å². The Hall–Kier alpha value is -3.74. The molecule has 2 amide bonds. The van der Waals surface area contributed by atoms with Crippen LogP contribution in [0.3, 0.4) is 0 Å². The number of amides is 2. The third-order valence-electron chi connectivity index (χ3n) is 5.80. The Morgan fingerprint density at radius 2 is 1.72 bits per heavy atom. The van der Waals surface area contributed by atoms with Crippen LogP contribution >= 0.6 is 0 Å². The van der Waals surface area contributed by atoms with Crippen molar-refractivity contribution in [2.45, 2.75) is 32.4 Å². The van der Waals surface area contributed by atoms with Gasteiger partial charge >= 0.3 is 0 Å². The molecule has 0 spiro atoms. The zero-order valence-electron chi connectivity index (χ0n) is 18.6. The largest absolute Gasteiger partial charge is 0.490 e. The molecule has 0 saturated heterocycles. The summed E-state index contributed by atoms with van der Waals surface area (Å²) in [5.41, 5.74) is 2.46. The number of nitrogens with zero attached hydrogens (tertiary/aromatic N) is 2. The fourth-order valence-corrected chi connectivity index (χ4v) is 4.43. The van der Waals surface area contributed by atoms with Gasteiger partial charge in [0.1, 0.15) is 6.26 Å². The molecule has 2 aromatic carbocycles. The molecular weight excluding hydrogens is 408 g/mol. The fourth-order valence-electron chi connectivity index (χ4n) is 4.43. The summed E-state index contributed by atoms with van der Waals surface area (Å²) >= 11 is 0. The molecule has 0 saturated carbocycles. The number of ether oxygens (including phenoxy) is 2. The minimum atomic E-state index is -0.322. The highest BCUT2D eigenvalue weighted by Crippen LogP contribution is 2.44. The third kappa shape index (κ3) is 3.60. The number of hydrogen-bond donors (Lipinski definition) is 0. The normalized spacial score (nSPS) is 17.4. The number of para-hydroxylation sites is 2. The summed E-state index contributed by atoms with van der Waals surface area (Å²) in [5, 5.41) is 0. The van der Waals surface area contributed by atoms with E-state index in [1.807, 2.05) is 61.5 Å². The van der Waals surface area contributed by atoms with Crippen LogP contribution in [0.25, 0.3) is 0 Å². The summed E-state index contributed by atoms with van der Waals surface area (Å²) < 4.78 is 16.1. The molecular formula is C25H26N2O5. The molecule has 0 N–H and O–H groups in total. The number of methoxy groups -OCH3 is 2. The van der Waals surface area contributed by atoms with Gasteiger partial charge < -0.3 is 23.7 Å². The van der Waals surface area contributed by atoms with Gasteiger partial charge in [0.15, 0.2) is 5.75 Å².